The van der Waals surface area contributed by atoms with Crippen LogP contribution in [0.4, 0.5) is 0 Å². The predicted molar refractivity (Wildman–Crippen MR) is 70.1 cm³/mol. The van der Waals surface area contributed by atoms with Crippen molar-refractivity contribution in [3.8, 4) is 0 Å². The van der Waals surface area contributed by atoms with Gasteiger partial charge in [0.05, 0.1) is 4.90 Å². The zero-order valence-corrected chi connectivity index (χ0v) is 11.4. The van der Waals surface area contributed by atoms with E-state index in [1.54, 1.807) is 22.5 Å². The predicted octanol–water partition coefficient (Wildman–Crippen LogP) is 1.32. The third-order valence-corrected chi connectivity index (χ3v) is 5.95. The Hall–Kier alpha value is -0.620. The van der Waals surface area contributed by atoms with Crippen LogP contribution in [0.15, 0.2) is 29.2 Å². The van der Waals surface area contributed by atoms with E-state index in [1.807, 2.05) is 0 Å². The standard InChI is InChI=1S/C12H15ClN2O2S/c13-10-2-1-3-11(6-10)18(16,17)15-5-4-9-7-14-8-12(9)15/h1-3,6,9,12,14H,4-5,7-8H2/t9-,12+/m1/s1. The van der Waals surface area contributed by atoms with Crippen molar-refractivity contribution in [3.63, 3.8) is 0 Å². The molecule has 0 amide bonds. The highest BCUT2D eigenvalue weighted by atomic mass is 35.5. The van der Waals surface area contributed by atoms with Gasteiger partial charge >= 0.3 is 0 Å². The molecule has 0 aliphatic carbocycles. The van der Waals surface area contributed by atoms with Crippen molar-refractivity contribution in [1.29, 1.82) is 0 Å². The average molecular weight is 287 g/mol. The molecule has 2 aliphatic rings. The van der Waals surface area contributed by atoms with E-state index >= 15 is 0 Å². The Kier molecular flexibility index (Phi) is 3.10. The van der Waals surface area contributed by atoms with Crippen LogP contribution in [0, 0.1) is 5.92 Å². The molecular weight excluding hydrogens is 272 g/mol. The maximum atomic E-state index is 12.6. The minimum absolute atomic E-state index is 0.106. The number of nitrogens with one attached hydrogen (secondary N) is 1. The monoisotopic (exact) mass is 286 g/mol. The van der Waals surface area contributed by atoms with Crippen molar-refractivity contribution >= 4 is 21.6 Å². The van der Waals surface area contributed by atoms with E-state index in [2.05, 4.69) is 5.32 Å². The minimum Gasteiger partial charge on any atom is -0.315 e. The Bertz CT molecular complexity index is 561. The molecule has 1 aromatic carbocycles. The summed E-state index contributed by atoms with van der Waals surface area (Å²) in [6.45, 7) is 2.29. The summed E-state index contributed by atoms with van der Waals surface area (Å²) in [5.41, 5.74) is 0. The van der Waals surface area contributed by atoms with E-state index < -0.39 is 10.0 Å². The molecular formula is C12H15ClN2O2S. The Labute approximate surface area is 112 Å². The van der Waals surface area contributed by atoms with Gasteiger partial charge in [-0.3, -0.25) is 0 Å². The first kappa shape index (κ1) is 12.4. The molecule has 2 fully saturated rings. The van der Waals surface area contributed by atoms with Gasteiger partial charge in [-0.2, -0.15) is 4.31 Å². The summed E-state index contributed by atoms with van der Waals surface area (Å²) in [6, 6.07) is 6.60. The molecule has 3 rings (SSSR count). The number of hydrogen-bond donors (Lipinski definition) is 1. The molecule has 0 unspecified atom stereocenters. The zero-order valence-electron chi connectivity index (χ0n) is 9.84. The fraction of sp³-hybridized carbons (Fsp3) is 0.500. The second-order valence-corrected chi connectivity index (χ2v) is 7.17. The Morgan fingerprint density at radius 3 is 2.94 bits per heavy atom. The van der Waals surface area contributed by atoms with Gasteiger partial charge in [0.15, 0.2) is 0 Å². The summed E-state index contributed by atoms with van der Waals surface area (Å²) in [5.74, 6) is 0.457. The molecule has 0 aromatic heterocycles. The fourth-order valence-corrected chi connectivity index (χ4v) is 4.87. The topological polar surface area (TPSA) is 49.4 Å². The van der Waals surface area contributed by atoms with E-state index in [0.29, 0.717) is 22.4 Å². The van der Waals surface area contributed by atoms with Gasteiger partial charge in [0.2, 0.25) is 10.0 Å². The average Bonchev–Trinajstić information content (AvgIpc) is 2.90. The molecule has 1 N–H and O–H groups in total. The van der Waals surface area contributed by atoms with Crippen molar-refractivity contribution < 1.29 is 8.42 Å². The Morgan fingerprint density at radius 2 is 2.17 bits per heavy atom. The first-order chi connectivity index (χ1) is 8.59. The summed E-state index contributed by atoms with van der Waals surface area (Å²) >= 11 is 5.87. The van der Waals surface area contributed by atoms with Crippen molar-refractivity contribution in [3.05, 3.63) is 29.3 Å². The fourth-order valence-electron chi connectivity index (χ4n) is 2.87. The molecule has 0 bridgehead atoms. The van der Waals surface area contributed by atoms with Crippen LogP contribution in [0.2, 0.25) is 5.02 Å². The molecule has 2 saturated heterocycles. The molecule has 2 heterocycles. The van der Waals surface area contributed by atoms with E-state index in [4.69, 9.17) is 11.6 Å². The third kappa shape index (κ3) is 1.95. The first-order valence-electron chi connectivity index (χ1n) is 6.07. The molecule has 6 heteroatoms. The van der Waals surface area contributed by atoms with Crippen molar-refractivity contribution in [2.24, 2.45) is 5.92 Å². The molecule has 1 aromatic rings. The molecule has 0 spiro atoms. The van der Waals surface area contributed by atoms with Crippen molar-refractivity contribution in [2.75, 3.05) is 19.6 Å². The molecule has 4 nitrogen and oxygen atoms in total. The van der Waals surface area contributed by atoms with Crippen LogP contribution >= 0.6 is 11.6 Å². The number of rotatable bonds is 2. The lowest BCUT2D eigenvalue weighted by molar-refractivity contribution is 0.383. The highest BCUT2D eigenvalue weighted by Gasteiger charge is 2.43. The largest absolute Gasteiger partial charge is 0.315 e. The number of halogens is 1. The number of nitrogens with zero attached hydrogens (tertiary/aromatic N) is 1. The summed E-state index contributed by atoms with van der Waals surface area (Å²) in [4.78, 5) is 0.294. The Morgan fingerprint density at radius 1 is 1.33 bits per heavy atom. The number of sulfonamides is 1. The zero-order chi connectivity index (χ0) is 12.8. The van der Waals surface area contributed by atoms with Gasteiger partial charge in [-0.1, -0.05) is 17.7 Å². The highest BCUT2D eigenvalue weighted by molar-refractivity contribution is 7.89. The highest BCUT2D eigenvalue weighted by Crippen LogP contribution is 2.32. The second kappa shape index (κ2) is 4.49. The normalized spacial score (nSPS) is 28.5. The maximum Gasteiger partial charge on any atom is 0.243 e. The van der Waals surface area contributed by atoms with E-state index in [1.165, 1.54) is 6.07 Å². The van der Waals surface area contributed by atoms with Crippen LogP contribution in [-0.2, 0) is 10.0 Å². The van der Waals surface area contributed by atoms with Crippen LogP contribution in [0.1, 0.15) is 6.42 Å². The first-order valence-corrected chi connectivity index (χ1v) is 7.89. The van der Waals surface area contributed by atoms with Gasteiger partial charge < -0.3 is 5.32 Å². The molecule has 0 radical (unpaired) electrons. The van der Waals surface area contributed by atoms with Gasteiger partial charge in [-0.05, 0) is 37.1 Å². The minimum atomic E-state index is -3.41. The number of hydrogen-bond acceptors (Lipinski definition) is 3. The summed E-state index contributed by atoms with van der Waals surface area (Å²) < 4.78 is 26.8. The second-order valence-electron chi connectivity index (χ2n) is 4.85. The molecule has 0 saturated carbocycles. The van der Waals surface area contributed by atoms with Gasteiger partial charge in [0.25, 0.3) is 0 Å². The van der Waals surface area contributed by atoms with E-state index in [0.717, 1.165) is 19.5 Å². The number of fused-ring (bicyclic) bond motifs is 1. The van der Waals surface area contributed by atoms with Crippen LogP contribution in [0.5, 0.6) is 0 Å². The van der Waals surface area contributed by atoms with Gasteiger partial charge in [0.1, 0.15) is 0 Å². The quantitative estimate of drug-likeness (QED) is 0.892. The van der Waals surface area contributed by atoms with E-state index in [-0.39, 0.29) is 6.04 Å². The van der Waals surface area contributed by atoms with E-state index in [9.17, 15) is 8.42 Å². The SMILES string of the molecule is O=S(=O)(c1cccc(Cl)c1)N1CC[C@@H]2CNC[C@@H]21. The third-order valence-electron chi connectivity index (χ3n) is 3.80. The lowest BCUT2D eigenvalue weighted by atomic mass is 10.1. The molecule has 18 heavy (non-hydrogen) atoms. The summed E-state index contributed by atoms with van der Waals surface area (Å²) in [6.07, 6.45) is 0.942. The smallest absolute Gasteiger partial charge is 0.243 e. The summed E-state index contributed by atoms with van der Waals surface area (Å²) in [7, 11) is -3.41. The van der Waals surface area contributed by atoms with Crippen molar-refractivity contribution in [2.45, 2.75) is 17.4 Å². The maximum absolute atomic E-state index is 12.6. The molecule has 98 valence electrons. The summed E-state index contributed by atoms with van der Waals surface area (Å²) in [5, 5.41) is 3.71. The van der Waals surface area contributed by atoms with Gasteiger partial charge in [-0.15, -0.1) is 0 Å². The Balaban J connectivity index is 1.95. The lowest BCUT2D eigenvalue weighted by Gasteiger charge is -2.22. The van der Waals surface area contributed by atoms with Crippen molar-refractivity contribution in [1.82, 2.24) is 9.62 Å². The molecule has 2 aliphatic heterocycles. The van der Waals surface area contributed by atoms with Crippen LogP contribution in [-0.4, -0.2) is 38.4 Å². The number of benzene rings is 1. The molecule has 2 atom stereocenters. The van der Waals surface area contributed by atoms with Gasteiger partial charge in [-0.25, -0.2) is 8.42 Å². The lowest BCUT2D eigenvalue weighted by Crippen LogP contribution is -2.38. The van der Waals surface area contributed by atoms with Crippen LogP contribution in [0.25, 0.3) is 0 Å². The van der Waals surface area contributed by atoms with Crippen LogP contribution < -0.4 is 5.32 Å². The van der Waals surface area contributed by atoms with Gasteiger partial charge in [0, 0.05) is 24.2 Å². The van der Waals surface area contributed by atoms with Crippen LogP contribution in [0.3, 0.4) is 0 Å².